The molecule has 1 N–H and O–H groups in total. The van der Waals surface area contributed by atoms with Crippen molar-refractivity contribution < 1.29 is 33.5 Å². The number of methoxy groups -OCH3 is 2. The van der Waals surface area contributed by atoms with Crippen LogP contribution in [0, 0.1) is 10.1 Å². The minimum absolute atomic E-state index is 0.0178. The molecule has 0 radical (unpaired) electrons. The van der Waals surface area contributed by atoms with E-state index in [1.54, 1.807) is 12.1 Å². The van der Waals surface area contributed by atoms with Gasteiger partial charge < -0.3 is 19.5 Å². The Morgan fingerprint density at radius 3 is 2.48 bits per heavy atom. The Morgan fingerprint density at radius 1 is 1.07 bits per heavy atom. The molecule has 0 aliphatic heterocycles. The summed E-state index contributed by atoms with van der Waals surface area (Å²) < 4.78 is 15.0. The van der Waals surface area contributed by atoms with E-state index >= 15 is 0 Å². The van der Waals surface area contributed by atoms with Crippen molar-refractivity contribution >= 4 is 23.3 Å². The summed E-state index contributed by atoms with van der Waals surface area (Å²) in [6, 6.07) is 9.66. The molecule has 0 aliphatic rings. The molecule has 2 aromatic rings. The lowest BCUT2D eigenvalue weighted by Crippen LogP contribution is -2.31. The molecule has 10 heteroatoms. The number of nitrogens with zero attached hydrogens (tertiary/aromatic N) is 1. The van der Waals surface area contributed by atoms with Crippen LogP contribution in [0.3, 0.4) is 0 Å². The molecule has 0 saturated heterocycles. The van der Waals surface area contributed by atoms with Gasteiger partial charge in [0.2, 0.25) is 5.78 Å². The molecular weight excluding hydrogens is 384 g/mol. The average Bonchev–Trinajstić information content (AvgIpc) is 2.75. The first-order valence-corrected chi connectivity index (χ1v) is 8.29. The van der Waals surface area contributed by atoms with Gasteiger partial charge in [0, 0.05) is 17.7 Å². The molecule has 2 aromatic carbocycles. The van der Waals surface area contributed by atoms with Crippen LogP contribution in [-0.2, 0) is 9.53 Å². The predicted octanol–water partition coefficient (Wildman–Crippen LogP) is 1.77. The van der Waals surface area contributed by atoms with E-state index < -0.39 is 35.7 Å². The number of esters is 1. The first-order valence-electron chi connectivity index (χ1n) is 8.29. The molecule has 0 heterocycles. The summed E-state index contributed by atoms with van der Waals surface area (Å²) in [5, 5.41) is 13.0. The molecule has 2 rings (SSSR count). The fraction of sp³-hybridized carbons (Fsp3) is 0.211. The third-order valence-electron chi connectivity index (χ3n) is 3.78. The molecule has 1 amide bonds. The fourth-order valence-electron chi connectivity index (χ4n) is 2.32. The Morgan fingerprint density at radius 2 is 1.83 bits per heavy atom. The molecule has 0 aliphatic carbocycles. The summed E-state index contributed by atoms with van der Waals surface area (Å²) in [6.45, 7) is -1.07. The van der Waals surface area contributed by atoms with Gasteiger partial charge in [0.15, 0.2) is 6.61 Å². The normalized spacial score (nSPS) is 10.0. The van der Waals surface area contributed by atoms with Gasteiger partial charge in [-0.25, -0.2) is 0 Å². The smallest absolute Gasteiger partial charge is 0.325 e. The highest BCUT2D eigenvalue weighted by Crippen LogP contribution is 2.24. The summed E-state index contributed by atoms with van der Waals surface area (Å²) in [4.78, 5) is 46.2. The number of carbonyl (C=O) groups excluding carboxylic acids is 3. The quantitative estimate of drug-likeness (QED) is 0.290. The third kappa shape index (κ3) is 5.76. The molecule has 10 nitrogen and oxygen atoms in total. The lowest BCUT2D eigenvalue weighted by molar-refractivity contribution is -0.384. The van der Waals surface area contributed by atoms with Crippen LogP contribution in [0.4, 0.5) is 5.69 Å². The molecule has 0 atom stereocenters. The van der Waals surface area contributed by atoms with Crippen molar-refractivity contribution in [2.24, 2.45) is 0 Å². The highest BCUT2D eigenvalue weighted by molar-refractivity contribution is 6.01. The molecule has 0 spiro atoms. The highest BCUT2D eigenvalue weighted by atomic mass is 16.6. The number of nitro groups is 1. The Kier molecular flexibility index (Phi) is 7.24. The van der Waals surface area contributed by atoms with Crippen molar-refractivity contribution in [1.82, 2.24) is 5.32 Å². The van der Waals surface area contributed by atoms with E-state index in [9.17, 15) is 24.5 Å². The number of hydrogen-bond donors (Lipinski definition) is 1. The number of ketones is 1. The number of carbonyl (C=O) groups is 3. The van der Waals surface area contributed by atoms with Crippen LogP contribution in [0.25, 0.3) is 0 Å². The molecular formula is C19H18N2O8. The highest BCUT2D eigenvalue weighted by Gasteiger charge is 2.17. The minimum atomic E-state index is -0.848. The molecule has 152 valence electrons. The summed E-state index contributed by atoms with van der Waals surface area (Å²) in [5.74, 6) is -1.32. The fourth-order valence-corrected chi connectivity index (χ4v) is 2.32. The summed E-state index contributed by atoms with van der Waals surface area (Å²) in [7, 11) is 2.84. The SMILES string of the molecule is COc1ccc(OC)c(C(=O)COC(=O)CNC(=O)c2cccc([N+](=O)[O-])c2)c1. The second-order valence-corrected chi connectivity index (χ2v) is 5.64. The van der Waals surface area contributed by atoms with Crippen molar-refractivity contribution in [3.8, 4) is 11.5 Å². The zero-order valence-corrected chi connectivity index (χ0v) is 15.7. The first kappa shape index (κ1) is 21.4. The number of amides is 1. The second kappa shape index (κ2) is 9.83. The van der Waals surface area contributed by atoms with E-state index in [0.29, 0.717) is 11.5 Å². The Hall–Kier alpha value is -3.95. The molecule has 0 aromatic heterocycles. The Labute approximate surface area is 165 Å². The number of nitro benzene ring substituents is 1. The number of ether oxygens (including phenoxy) is 3. The van der Waals surface area contributed by atoms with Gasteiger partial charge in [-0.05, 0) is 24.3 Å². The van der Waals surface area contributed by atoms with Crippen LogP contribution in [0.5, 0.6) is 11.5 Å². The van der Waals surface area contributed by atoms with E-state index in [1.165, 1.54) is 38.5 Å². The maximum Gasteiger partial charge on any atom is 0.325 e. The predicted molar refractivity (Wildman–Crippen MR) is 100 cm³/mol. The van der Waals surface area contributed by atoms with Gasteiger partial charge in [0.25, 0.3) is 11.6 Å². The average molecular weight is 402 g/mol. The lowest BCUT2D eigenvalue weighted by Gasteiger charge is -2.10. The van der Waals surface area contributed by atoms with Crippen LogP contribution in [0.1, 0.15) is 20.7 Å². The zero-order chi connectivity index (χ0) is 21.4. The van der Waals surface area contributed by atoms with E-state index in [1.807, 2.05) is 0 Å². The van der Waals surface area contributed by atoms with Gasteiger partial charge in [0.05, 0.1) is 24.7 Å². The van der Waals surface area contributed by atoms with Crippen LogP contribution < -0.4 is 14.8 Å². The van der Waals surface area contributed by atoms with Crippen LogP contribution in [0.15, 0.2) is 42.5 Å². The number of hydrogen-bond acceptors (Lipinski definition) is 8. The topological polar surface area (TPSA) is 134 Å². The van der Waals surface area contributed by atoms with E-state index in [4.69, 9.17) is 14.2 Å². The van der Waals surface area contributed by atoms with Crippen molar-refractivity contribution in [2.75, 3.05) is 27.4 Å². The number of Topliss-reactive ketones (excluding diaryl/α,β-unsaturated/α-hetero) is 1. The standard InChI is InChI=1S/C19H18N2O8/c1-27-14-6-7-17(28-2)15(9-14)16(22)11-29-18(23)10-20-19(24)12-4-3-5-13(8-12)21(25)26/h3-9H,10-11H2,1-2H3,(H,20,24). The van der Waals surface area contributed by atoms with Gasteiger partial charge >= 0.3 is 5.97 Å². The zero-order valence-electron chi connectivity index (χ0n) is 15.7. The number of rotatable bonds is 9. The van der Waals surface area contributed by atoms with Gasteiger partial charge in [-0.3, -0.25) is 24.5 Å². The first-order chi connectivity index (χ1) is 13.8. The monoisotopic (exact) mass is 402 g/mol. The Bertz CT molecular complexity index is 942. The molecule has 0 unspecified atom stereocenters. The maximum atomic E-state index is 12.3. The third-order valence-corrected chi connectivity index (χ3v) is 3.78. The largest absolute Gasteiger partial charge is 0.497 e. The summed E-state index contributed by atoms with van der Waals surface area (Å²) in [5.41, 5.74) is -0.0532. The summed E-state index contributed by atoms with van der Waals surface area (Å²) in [6.07, 6.45) is 0. The van der Waals surface area contributed by atoms with Crippen molar-refractivity contribution in [3.63, 3.8) is 0 Å². The minimum Gasteiger partial charge on any atom is -0.497 e. The van der Waals surface area contributed by atoms with Crippen LogP contribution >= 0.6 is 0 Å². The van der Waals surface area contributed by atoms with Crippen LogP contribution in [-0.4, -0.2) is 50.0 Å². The number of nitrogens with one attached hydrogen (secondary N) is 1. The van der Waals surface area contributed by atoms with Gasteiger partial charge in [-0.2, -0.15) is 0 Å². The van der Waals surface area contributed by atoms with Gasteiger partial charge in [-0.1, -0.05) is 6.07 Å². The van der Waals surface area contributed by atoms with Crippen molar-refractivity contribution in [1.29, 1.82) is 0 Å². The van der Waals surface area contributed by atoms with Crippen LogP contribution in [0.2, 0.25) is 0 Å². The second-order valence-electron chi connectivity index (χ2n) is 5.64. The van der Waals surface area contributed by atoms with Crippen molar-refractivity contribution in [2.45, 2.75) is 0 Å². The lowest BCUT2D eigenvalue weighted by atomic mass is 10.1. The number of non-ortho nitro benzene ring substituents is 1. The van der Waals surface area contributed by atoms with E-state index in [-0.39, 0.29) is 16.8 Å². The summed E-state index contributed by atoms with van der Waals surface area (Å²) >= 11 is 0. The van der Waals surface area contributed by atoms with E-state index in [2.05, 4.69) is 5.32 Å². The molecule has 0 fully saturated rings. The molecule has 0 bridgehead atoms. The van der Waals surface area contributed by atoms with E-state index in [0.717, 1.165) is 6.07 Å². The Balaban J connectivity index is 1.90. The maximum absolute atomic E-state index is 12.3. The van der Waals surface area contributed by atoms with Gasteiger partial charge in [-0.15, -0.1) is 0 Å². The van der Waals surface area contributed by atoms with Crippen molar-refractivity contribution in [3.05, 3.63) is 63.7 Å². The molecule has 29 heavy (non-hydrogen) atoms. The van der Waals surface area contributed by atoms with Gasteiger partial charge in [0.1, 0.15) is 18.0 Å². The molecule has 0 saturated carbocycles. The number of benzene rings is 2.